The number of thioether (sulfide) groups is 1. The quantitative estimate of drug-likeness (QED) is 0.412. The first kappa shape index (κ1) is 15.4. The molecule has 0 amide bonds. The van der Waals surface area contributed by atoms with E-state index in [-0.39, 0.29) is 0 Å². The van der Waals surface area contributed by atoms with Gasteiger partial charge in [0, 0.05) is 23.2 Å². The zero-order chi connectivity index (χ0) is 15.4. The van der Waals surface area contributed by atoms with Crippen LogP contribution in [0.4, 0.5) is 0 Å². The van der Waals surface area contributed by atoms with Gasteiger partial charge >= 0.3 is 0 Å². The van der Waals surface area contributed by atoms with Crippen molar-refractivity contribution in [3.05, 3.63) is 47.8 Å². The van der Waals surface area contributed by atoms with Gasteiger partial charge in [-0.05, 0) is 37.1 Å². The molecule has 22 heavy (non-hydrogen) atoms. The summed E-state index contributed by atoms with van der Waals surface area (Å²) < 4.78 is 7.86. The predicted molar refractivity (Wildman–Crippen MR) is 89.9 cm³/mol. The van der Waals surface area contributed by atoms with Crippen LogP contribution in [-0.4, -0.2) is 27.1 Å². The smallest absolute Gasteiger partial charge is 0.191 e. The van der Waals surface area contributed by atoms with Crippen molar-refractivity contribution in [1.29, 1.82) is 0 Å². The lowest BCUT2D eigenvalue weighted by atomic mass is 10.3. The van der Waals surface area contributed by atoms with Crippen molar-refractivity contribution in [3.8, 4) is 5.75 Å². The van der Waals surface area contributed by atoms with Gasteiger partial charge < -0.3 is 9.30 Å². The Kier molecular flexibility index (Phi) is 5.05. The molecule has 1 saturated carbocycles. The van der Waals surface area contributed by atoms with Crippen LogP contribution in [0.1, 0.15) is 24.6 Å². The van der Waals surface area contributed by atoms with Gasteiger partial charge in [-0.15, -0.1) is 16.8 Å². The van der Waals surface area contributed by atoms with E-state index in [1.165, 1.54) is 12.8 Å². The Bertz CT molecular complexity index is 637. The maximum Gasteiger partial charge on any atom is 0.191 e. The van der Waals surface area contributed by atoms with Crippen LogP contribution >= 0.6 is 23.4 Å². The minimum absolute atomic E-state index is 0.590. The lowest BCUT2D eigenvalue weighted by Crippen LogP contribution is -2.05. The summed E-state index contributed by atoms with van der Waals surface area (Å²) in [5.74, 6) is 3.34. The second-order valence-electron chi connectivity index (χ2n) is 5.17. The van der Waals surface area contributed by atoms with Crippen molar-refractivity contribution in [2.24, 2.45) is 0 Å². The highest BCUT2D eigenvalue weighted by molar-refractivity contribution is 7.99. The van der Waals surface area contributed by atoms with Crippen LogP contribution in [0.15, 0.2) is 42.1 Å². The molecule has 0 atom stereocenters. The van der Waals surface area contributed by atoms with E-state index in [4.69, 9.17) is 16.3 Å². The lowest BCUT2D eigenvalue weighted by molar-refractivity contribution is 0.344. The summed E-state index contributed by atoms with van der Waals surface area (Å²) >= 11 is 7.51. The summed E-state index contributed by atoms with van der Waals surface area (Å²) in [6.45, 7) is 5.20. The Morgan fingerprint density at radius 3 is 2.77 bits per heavy atom. The normalized spacial score (nSPS) is 14.0. The number of benzene rings is 1. The molecule has 1 fully saturated rings. The molecule has 0 saturated heterocycles. The molecule has 1 heterocycles. The van der Waals surface area contributed by atoms with Crippen molar-refractivity contribution in [1.82, 2.24) is 14.8 Å². The van der Waals surface area contributed by atoms with E-state index < -0.39 is 0 Å². The molecule has 4 nitrogen and oxygen atoms in total. The molecule has 0 spiro atoms. The third-order valence-corrected chi connectivity index (χ3v) is 4.58. The highest BCUT2D eigenvalue weighted by Crippen LogP contribution is 2.40. The molecule has 0 aliphatic heterocycles. The topological polar surface area (TPSA) is 39.9 Å². The molecule has 0 N–H and O–H groups in total. The van der Waals surface area contributed by atoms with Gasteiger partial charge in [-0.1, -0.05) is 29.4 Å². The van der Waals surface area contributed by atoms with E-state index in [1.54, 1.807) is 11.8 Å². The number of hydrogen-bond acceptors (Lipinski definition) is 4. The Hall–Kier alpha value is -1.46. The van der Waals surface area contributed by atoms with Crippen molar-refractivity contribution >= 4 is 23.4 Å². The minimum Gasteiger partial charge on any atom is -0.493 e. The van der Waals surface area contributed by atoms with Gasteiger partial charge in [0.05, 0.1) is 6.61 Å². The van der Waals surface area contributed by atoms with Crippen molar-refractivity contribution in [2.75, 3.05) is 12.4 Å². The average molecular weight is 336 g/mol. The second-order valence-corrected chi connectivity index (χ2v) is 6.66. The van der Waals surface area contributed by atoms with E-state index in [0.29, 0.717) is 17.5 Å². The fourth-order valence-corrected chi connectivity index (χ4v) is 3.07. The number of rotatable bonds is 8. The Morgan fingerprint density at radius 1 is 1.32 bits per heavy atom. The van der Waals surface area contributed by atoms with E-state index in [9.17, 15) is 0 Å². The van der Waals surface area contributed by atoms with Crippen LogP contribution in [0.5, 0.6) is 5.75 Å². The lowest BCUT2D eigenvalue weighted by Gasteiger charge is -2.08. The molecule has 0 bridgehead atoms. The number of ether oxygens (including phenoxy) is 1. The Labute approximate surface area is 139 Å². The molecule has 1 aliphatic rings. The number of aromatic nitrogens is 3. The molecule has 0 unspecified atom stereocenters. The third-order valence-electron chi connectivity index (χ3n) is 3.40. The molecule has 6 heteroatoms. The first-order valence-corrected chi connectivity index (χ1v) is 8.69. The highest BCUT2D eigenvalue weighted by Gasteiger charge is 2.30. The van der Waals surface area contributed by atoms with Gasteiger partial charge in [0.25, 0.3) is 0 Å². The number of hydrogen-bond donors (Lipinski definition) is 0. The van der Waals surface area contributed by atoms with Crippen LogP contribution in [0.3, 0.4) is 0 Å². The van der Waals surface area contributed by atoms with Gasteiger partial charge in [-0.2, -0.15) is 0 Å². The van der Waals surface area contributed by atoms with Crippen LogP contribution in [0.25, 0.3) is 0 Å². The Balaban J connectivity index is 1.52. The molecule has 1 aliphatic carbocycles. The second kappa shape index (κ2) is 7.20. The predicted octanol–water partition coefficient (Wildman–Crippen LogP) is 4.17. The highest BCUT2D eigenvalue weighted by atomic mass is 35.5. The molecule has 1 aromatic carbocycles. The molecule has 3 rings (SSSR count). The summed E-state index contributed by atoms with van der Waals surface area (Å²) in [5, 5.41) is 10.3. The summed E-state index contributed by atoms with van der Waals surface area (Å²) in [6, 6.07) is 7.40. The van der Waals surface area contributed by atoms with Crippen molar-refractivity contribution < 1.29 is 4.74 Å². The number of nitrogens with zero attached hydrogens (tertiary/aromatic N) is 3. The molecule has 0 radical (unpaired) electrons. The van der Waals surface area contributed by atoms with Crippen LogP contribution < -0.4 is 4.74 Å². The summed E-state index contributed by atoms with van der Waals surface area (Å²) in [7, 11) is 0. The van der Waals surface area contributed by atoms with Gasteiger partial charge in [-0.3, -0.25) is 0 Å². The Morgan fingerprint density at radius 2 is 2.09 bits per heavy atom. The maximum absolute atomic E-state index is 5.85. The fraction of sp³-hybridized carbons (Fsp3) is 0.375. The molecular formula is C16H18ClN3OS. The zero-order valence-corrected chi connectivity index (χ0v) is 13.8. The molecular weight excluding hydrogens is 318 g/mol. The average Bonchev–Trinajstić information content (AvgIpc) is 3.29. The first-order valence-electron chi connectivity index (χ1n) is 7.33. The van der Waals surface area contributed by atoms with Crippen LogP contribution in [-0.2, 0) is 6.54 Å². The largest absolute Gasteiger partial charge is 0.493 e. The van der Waals surface area contributed by atoms with Gasteiger partial charge in [0.2, 0.25) is 0 Å². The van der Waals surface area contributed by atoms with E-state index >= 15 is 0 Å². The monoisotopic (exact) mass is 335 g/mol. The summed E-state index contributed by atoms with van der Waals surface area (Å²) in [4.78, 5) is 0. The fourth-order valence-electron chi connectivity index (χ4n) is 2.17. The van der Waals surface area contributed by atoms with Crippen LogP contribution in [0, 0.1) is 0 Å². The SMILES string of the molecule is C=CCn1c(SCCOc2ccc(Cl)cc2)nnc1C1CC1. The van der Waals surface area contributed by atoms with E-state index in [2.05, 4.69) is 21.3 Å². The van der Waals surface area contributed by atoms with Gasteiger partial charge in [-0.25, -0.2) is 0 Å². The van der Waals surface area contributed by atoms with Gasteiger partial charge in [0.1, 0.15) is 11.6 Å². The van der Waals surface area contributed by atoms with E-state index in [0.717, 1.165) is 29.0 Å². The maximum atomic E-state index is 5.85. The van der Waals surface area contributed by atoms with Crippen molar-refractivity contribution in [2.45, 2.75) is 30.5 Å². The molecule has 2 aromatic rings. The van der Waals surface area contributed by atoms with Crippen LogP contribution in [0.2, 0.25) is 5.02 Å². The van der Waals surface area contributed by atoms with E-state index in [1.807, 2.05) is 30.3 Å². The standard InChI is InChI=1S/C16H18ClN3OS/c1-2-9-20-15(12-3-4-12)18-19-16(20)22-11-10-21-14-7-5-13(17)6-8-14/h2,5-8,12H,1,3-4,9-11H2. The van der Waals surface area contributed by atoms with Crippen molar-refractivity contribution in [3.63, 3.8) is 0 Å². The molecule has 116 valence electrons. The summed E-state index contributed by atoms with van der Waals surface area (Å²) in [6.07, 6.45) is 4.34. The molecule has 1 aromatic heterocycles. The number of allylic oxidation sites excluding steroid dienone is 1. The summed E-state index contributed by atoms with van der Waals surface area (Å²) in [5.41, 5.74) is 0. The minimum atomic E-state index is 0.590. The van der Waals surface area contributed by atoms with Gasteiger partial charge in [0.15, 0.2) is 5.16 Å². The zero-order valence-electron chi connectivity index (χ0n) is 12.2. The third kappa shape index (κ3) is 3.84. The first-order chi connectivity index (χ1) is 10.8. The number of halogens is 1.